The van der Waals surface area contributed by atoms with Gasteiger partial charge in [0.15, 0.2) is 11.5 Å². The summed E-state index contributed by atoms with van der Waals surface area (Å²) < 4.78 is 16.3. The monoisotopic (exact) mass is 310 g/mol. The molecule has 0 aromatic heterocycles. The van der Waals surface area contributed by atoms with Gasteiger partial charge in [-0.2, -0.15) is 0 Å². The van der Waals surface area contributed by atoms with E-state index in [-0.39, 0.29) is 6.61 Å². The van der Waals surface area contributed by atoms with E-state index >= 15 is 0 Å². The van der Waals surface area contributed by atoms with Crippen molar-refractivity contribution in [1.82, 2.24) is 0 Å². The Morgan fingerprint density at radius 1 is 1.18 bits per heavy atom. The summed E-state index contributed by atoms with van der Waals surface area (Å²) in [6.07, 6.45) is 1.99. The van der Waals surface area contributed by atoms with E-state index in [0.29, 0.717) is 17.2 Å². The molecule has 0 aliphatic carbocycles. The molecule has 0 spiro atoms. The van der Waals surface area contributed by atoms with Crippen molar-refractivity contribution in [3.8, 4) is 17.2 Å². The van der Waals surface area contributed by atoms with Crippen molar-refractivity contribution < 1.29 is 24.2 Å². The second-order valence-corrected chi connectivity index (χ2v) is 6.09. The normalized spacial score (nSPS) is 22.9. The molecule has 0 saturated carbocycles. The van der Waals surface area contributed by atoms with E-state index in [4.69, 9.17) is 14.2 Å². The van der Waals surface area contributed by atoms with Gasteiger partial charge >= 0.3 is 0 Å². The maximum absolute atomic E-state index is 10.2. The highest BCUT2D eigenvalue weighted by Crippen LogP contribution is 2.36. The lowest BCUT2D eigenvalue weighted by molar-refractivity contribution is -0.909. The smallest absolute Gasteiger partial charge is 0.203 e. The molecule has 0 unspecified atom stereocenters. The van der Waals surface area contributed by atoms with Crippen molar-refractivity contribution in [2.45, 2.75) is 25.9 Å². The molecule has 5 heteroatoms. The third kappa shape index (κ3) is 4.52. The summed E-state index contributed by atoms with van der Waals surface area (Å²) in [7, 11) is 3.19. The number of likely N-dealkylation sites (tertiary alicyclic amines) is 1. The number of aliphatic hydroxyl groups excluding tert-OH is 1. The molecule has 2 N–H and O–H groups in total. The maximum atomic E-state index is 10.2. The van der Waals surface area contributed by atoms with E-state index in [1.54, 1.807) is 14.2 Å². The quantitative estimate of drug-likeness (QED) is 0.781. The second-order valence-electron chi connectivity index (χ2n) is 6.09. The number of piperidine rings is 1. The van der Waals surface area contributed by atoms with Gasteiger partial charge in [-0.25, -0.2) is 0 Å². The topological polar surface area (TPSA) is 52.4 Å². The fourth-order valence-corrected chi connectivity index (χ4v) is 2.91. The predicted octanol–water partition coefficient (Wildman–Crippen LogP) is 0.758. The van der Waals surface area contributed by atoms with Gasteiger partial charge in [-0.15, -0.1) is 0 Å². The molecule has 1 aromatic carbocycles. The summed E-state index contributed by atoms with van der Waals surface area (Å²) in [6.45, 7) is 5.54. The summed E-state index contributed by atoms with van der Waals surface area (Å²) in [5, 5.41) is 10.2. The van der Waals surface area contributed by atoms with E-state index in [1.807, 2.05) is 18.2 Å². The van der Waals surface area contributed by atoms with Crippen molar-refractivity contribution in [3.63, 3.8) is 0 Å². The fraction of sp³-hybridized carbons (Fsp3) is 0.647. The minimum Gasteiger partial charge on any atom is -0.493 e. The molecule has 1 aliphatic rings. The van der Waals surface area contributed by atoms with Crippen LogP contribution in [-0.4, -0.2) is 51.7 Å². The van der Waals surface area contributed by atoms with Crippen LogP contribution in [0.4, 0.5) is 0 Å². The molecule has 1 saturated heterocycles. The Balaban J connectivity index is 1.87. The highest BCUT2D eigenvalue weighted by molar-refractivity contribution is 5.51. The van der Waals surface area contributed by atoms with E-state index < -0.39 is 6.10 Å². The van der Waals surface area contributed by atoms with Gasteiger partial charge < -0.3 is 24.2 Å². The van der Waals surface area contributed by atoms with Crippen molar-refractivity contribution >= 4 is 0 Å². The molecule has 1 heterocycles. The average molecular weight is 310 g/mol. The molecule has 22 heavy (non-hydrogen) atoms. The van der Waals surface area contributed by atoms with Crippen LogP contribution in [0.15, 0.2) is 18.2 Å². The van der Waals surface area contributed by atoms with Crippen LogP contribution in [0.2, 0.25) is 0 Å². The molecular formula is C17H28NO4+. The minimum absolute atomic E-state index is 0.246. The van der Waals surface area contributed by atoms with Crippen LogP contribution >= 0.6 is 0 Å². The number of rotatable bonds is 7. The van der Waals surface area contributed by atoms with Gasteiger partial charge in [0.05, 0.1) is 27.3 Å². The Hall–Kier alpha value is -1.46. The zero-order valence-electron chi connectivity index (χ0n) is 13.8. The van der Waals surface area contributed by atoms with Gasteiger partial charge in [0.1, 0.15) is 19.3 Å². The Morgan fingerprint density at radius 2 is 1.77 bits per heavy atom. The van der Waals surface area contributed by atoms with E-state index in [2.05, 4.69) is 6.92 Å². The Bertz CT molecular complexity index is 436. The standard InChI is InChI=1S/C17H27NO4/c1-13-7-9-18(10-8-13)11-14(19)12-22-17-15(20-2)5-4-6-16(17)21-3/h4-6,13-14,19H,7-12H2,1-3H3/p+1/t14-/m1/s1. The summed E-state index contributed by atoms with van der Waals surface area (Å²) >= 11 is 0. The number of methoxy groups -OCH3 is 2. The van der Waals surface area contributed by atoms with Gasteiger partial charge in [0, 0.05) is 0 Å². The predicted molar refractivity (Wildman–Crippen MR) is 85.0 cm³/mol. The summed E-state index contributed by atoms with van der Waals surface area (Å²) in [4.78, 5) is 1.46. The fourth-order valence-electron chi connectivity index (χ4n) is 2.91. The van der Waals surface area contributed by atoms with E-state index in [1.165, 1.54) is 17.7 Å². The lowest BCUT2D eigenvalue weighted by Gasteiger charge is -2.28. The molecular weight excluding hydrogens is 282 g/mol. The number of benzene rings is 1. The lowest BCUT2D eigenvalue weighted by Crippen LogP contribution is -3.14. The molecule has 5 nitrogen and oxygen atoms in total. The number of ether oxygens (including phenoxy) is 3. The van der Waals surface area contributed by atoms with Crippen molar-refractivity contribution in [3.05, 3.63) is 18.2 Å². The first-order valence-electron chi connectivity index (χ1n) is 7.99. The Labute approximate surface area is 132 Å². The number of nitrogens with one attached hydrogen (secondary N) is 1. The minimum atomic E-state index is -0.488. The molecule has 1 atom stereocenters. The van der Waals surface area contributed by atoms with Crippen LogP contribution in [0.25, 0.3) is 0 Å². The number of para-hydroxylation sites is 1. The van der Waals surface area contributed by atoms with Crippen LogP contribution in [0.1, 0.15) is 19.8 Å². The second kappa shape index (κ2) is 8.25. The third-order valence-electron chi connectivity index (χ3n) is 4.31. The maximum Gasteiger partial charge on any atom is 0.203 e. The SMILES string of the molecule is COc1cccc(OC)c1OC[C@H](O)C[NH+]1CCC(C)CC1. The Morgan fingerprint density at radius 3 is 2.32 bits per heavy atom. The summed E-state index contributed by atoms with van der Waals surface area (Å²) in [5.41, 5.74) is 0. The Kier molecular flexibility index (Phi) is 6.34. The molecule has 0 amide bonds. The zero-order chi connectivity index (χ0) is 15.9. The first-order valence-corrected chi connectivity index (χ1v) is 7.99. The highest BCUT2D eigenvalue weighted by atomic mass is 16.5. The van der Waals surface area contributed by atoms with Crippen molar-refractivity contribution in [2.24, 2.45) is 5.92 Å². The van der Waals surface area contributed by atoms with Crippen molar-refractivity contribution in [1.29, 1.82) is 0 Å². The van der Waals surface area contributed by atoms with Gasteiger partial charge in [0.2, 0.25) is 5.75 Å². The molecule has 1 fully saturated rings. The lowest BCUT2D eigenvalue weighted by atomic mass is 9.99. The highest BCUT2D eigenvalue weighted by Gasteiger charge is 2.22. The molecule has 0 radical (unpaired) electrons. The number of quaternary nitrogens is 1. The van der Waals surface area contributed by atoms with Crippen LogP contribution in [0.5, 0.6) is 17.2 Å². The third-order valence-corrected chi connectivity index (χ3v) is 4.31. The first-order chi connectivity index (χ1) is 10.6. The van der Waals surface area contributed by atoms with E-state index in [0.717, 1.165) is 25.6 Å². The van der Waals surface area contributed by atoms with Crippen molar-refractivity contribution in [2.75, 3.05) is 40.5 Å². The first kappa shape index (κ1) is 16.9. The van der Waals surface area contributed by atoms with Gasteiger partial charge in [-0.1, -0.05) is 13.0 Å². The van der Waals surface area contributed by atoms with Crippen LogP contribution < -0.4 is 19.1 Å². The molecule has 0 bridgehead atoms. The summed E-state index contributed by atoms with van der Waals surface area (Å²) in [6, 6.07) is 5.49. The van der Waals surface area contributed by atoms with Crippen LogP contribution in [-0.2, 0) is 0 Å². The average Bonchev–Trinajstić information content (AvgIpc) is 2.54. The van der Waals surface area contributed by atoms with E-state index in [9.17, 15) is 5.11 Å². The van der Waals surface area contributed by atoms with Gasteiger partial charge in [-0.05, 0) is 30.9 Å². The molecule has 1 aromatic rings. The molecule has 1 aliphatic heterocycles. The summed E-state index contributed by atoms with van der Waals surface area (Å²) in [5.74, 6) is 2.60. The number of hydrogen-bond acceptors (Lipinski definition) is 4. The van der Waals surface area contributed by atoms with Crippen LogP contribution in [0, 0.1) is 5.92 Å². The van der Waals surface area contributed by atoms with Gasteiger partial charge in [0.25, 0.3) is 0 Å². The largest absolute Gasteiger partial charge is 0.493 e. The van der Waals surface area contributed by atoms with Crippen LogP contribution in [0.3, 0.4) is 0 Å². The number of hydrogen-bond donors (Lipinski definition) is 2. The molecule has 124 valence electrons. The molecule has 2 rings (SSSR count). The van der Waals surface area contributed by atoms with Gasteiger partial charge in [-0.3, -0.25) is 0 Å². The zero-order valence-corrected chi connectivity index (χ0v) is 13.8. The number of aliphatic hydroxyl groups is 1.